The highest BCUT2D eigenvalue weighted by molar-refractivity contribution is 8.00. The average Bonchev–Trinajstić information content (AvgIpc) is 2.74. The molecule has 0 bridgehead atoms. The van der Waals surface area contributed by atoms with E-state index in [4.69, 9.17) is 0 Å². The van der Waals surface area contributed by atoms with Crippen molar-refractivity contribution in [3.63, 3.8) is 0 Å². The Bertz CT molecular complexity index is 1060. The maximum absolute atomic E-state index is 2.25. The second-order valence-corrected chi connectivity index (χ2v) is 9.74. The fourth-order valence-corrected chi connectivity index (χ4v) is 5.92. The van der Waals surface area contributed by atoms with Crippen molar-refractivity contribution in [1.29, 1.82) is 0 Å². The Morgan fingerprint density at radius 1 is 0.400 bits per heavy atom. The number of hydrogen-bond acceptors (Lipinski definition) is 2. The molecule has 150 valence electrons. The molecule has 0 saturated heterocycles. The third kappa shape index (κ3) is 4.35. The van der Waals surface area contributed by atoms with Crippen LogP contribution in [0.2, 0.25) is 0 Å². The van der Waals surface area contributed by atoms with Crippen molar-refractivity contribution in [2.75, 3.05) is 0 Å². The van der Waals surface area contributed by atoms with Gasteiger partial charge in [-0.1, -0.05) is 96.3 Å². The van der Waals surface area contributed by atoms with Gasteiger partial charge in [0.1, 0.15) is 0 Å². The lowest BCUT2D eigenvalue weighted by Crippen LogP contribution is -1.90. The molecule has 0 heterocycles. The molecule has 0 aliphatic rings. The highest BCUT2D eigenvalue weighted by atomic mass is 32.2. The predicted octanol–water partition coefficient (Wildman–Crippen LogP) is 8.89. The molecule has 0 unspecified atom stereocenters. The SMILES string of the molecule is Cc1cccc(C)c1Sc1ccccc1-c1ccccc1Sc1c(C)cccc1C. The van der Waals surface area contributed by atoms with Gasteiger partial charge in [0, 0.05) is 19.6 Å². The maximum atomic E-state index is 2.25. The van der Waals surface area contributed by atoms with Crippen LogP contribution in [0.25, 0.3) is 11.1 Å². The monoisotopic (exact) mass is 426 g/mol. The Morgan fingerprint density at radius 2 is 0.733 bits per heavy atom. The summed E-state index contributed by atoms with van der Waals surface area (Å²) in [6.07, 6.45) is 0. The molecule has 0 spiro atoms. The number of aryl methyl sites for hydroxylation is 4. The summed E-state index contributed by atoms with van der Waals surface area (Å²) in [5, 5.41) is 0. The fourth-order valence-electron chi connectivity index (χ4n) is 3.70. The van der Waals surface area contributed by atoms with Gasteiger partial charge < -0.3 is 0 Å². The van der Waals surface area contributed by atoms with Crippen LogP contribution in [0.3, 0.4) is 0 Å². The van der Waals surface area contributed by atoms with Crippen LogP contribution >= 0.6 is 23.5 Å². The van der Waals surface area contributed by atoms with Gasteiger partial charge in [-0.05, 0) is 73.2 Å². The minimum atomic E-state index is 1.29. The first kappa shape index (κ1) is 20.8. The molecule has 0 saturated carbocycles. The molecule has 0 amide bonds. The molecule has 0 aromatic heterocycles. The summed E-state index contributed by atoms with van der Waals surface area (Å²) in [5.41, 5.74) is 7.89. The Morgan fingerprint density at radius 3 is 1.10 bits per heavy atom. The minimum Gasteiger partial charge on any atom is -0.0889 e. The first-order chi connectivity index (χ1) is 14.5. The highest BCUT2D eigenvalue weighted by Crippen LogP contribution is 2.43. The van der Waals surface area contributed by atoms with Crippen molar-refractivity contribution < 1.29 is 0 Å². The van der Waals surface area contributed by atoms with Gasteiger partial charge in [0.05, 0.1) is 0 Å². The zero-order valence-corrected chi connectivity index (χ0v) is 19.5. The summed E-state index contributed by atoms with van der Waals surface area (Å²) in [7, 11) is 0. The summed E-state index contributed by atoms with van der Waals surface area (Å²) in [6, 6.07) is 30.6. The highest BCUT2D eigenvalue weighted by Gasteiger charge is 2.14. The molecule has 4 aromatic carbocycles. The lowest BCUT2D eigenvalue weighted by Gasteiger charge is -2.16. The lowest BCUT2D eigenvalue weighted by molar-refractivity contribution is 1.21. The van der Waals surface area contributed by atoms with E-state index in [2.05, 4.69) is 113 Å². The maximum Gasteiger partial charge on any atom is 0.0201 e. The molecule has 0 aliphatic heterocycles. The number of rotatable bonds is 5. The standard InChI is InChI=1S/C28H26S2/c1-19-11-9-12-20(2)27(19)29-25-17-7-5-15-23(25)24-16-6-8-18-26(24)30-28-21(3)13-10-14-22(28)4/h5-18H,1-4H3. The quantitative estimate of drug-likeness (QED) is 0.312. The van der Waals surface area contributed by atoms with Gasteiger partial charge in [-0.2, -0.15) is 0 Å². The van der Waals surface area contributed by atoms with E-state index in [1.807, 2.05) is 23.5 Å². The second kappa shape index (κ2) is 9.16. The van der Waals surface area contributed by atoms with E-state index >= 15 is 0 Å². The Kier molecular flexibility index (Phi) is 6.36. The van der Waals surface area contributed by atoms with E-state index in [1.54, 1.807) is 0 Å². The molecule has 30 heavy (non-hydrogen) atoms. The molecule has 0 fully saturated rings. The summed E-state index contributed by atoms with van der Waals surface area (Å²) in [5.74, 6) is 0. The van der Waals surface area contributed by atoms with E-state index < -0.39 is 0 Å². The topological polar surface area (TPSA) is 0 Å². The van der Waals surface area contributed by atoms with Crippen LogP contribution in [-0.2, 0) is 0 Å². The first-order valence-electron chi connectivity index (χ1n) is 10.2. The molecular weight excluding hydrogens is 400 g/mol. The van der Waals surface area contributed by atoms with E-state index in [0.717, 1.165) is 0 Å². The Hall–Kier alpha value is -2.42. The van der Waals surface area contributed by atoms with Crippen LogP contribution in [0.4, 0.5) is 0 Å². The summed E-state index contributed by atoms with van der Waals surface area (Å²) in [6.45, 7) is 8.79. The fraction of sp³-hybridized carbons (Fsp3) is 0.143. The molecule has 4 aromatic rings. The Balaban J connectivity index is 1.78. The zero-order valence-electron chi connectivity index (χ0n) is 17.9. The molecule has 0 N–H and O–H groups in total. The lowest BCUT2D eigenvalue weighted by atomic mass is 10.1. The van der Waals surface area contributed by atoms with Crippen molar-refractivity contribution in [3.8, 4) is 11.1 Å². The van der Waals surface area contributed by atoms with Crippen molar-refractivity contribution in [2.45, 2.75) is 47.3 Å². The second-order valence-electron chi connectivity index (χ2n) is 7.64. The molecule has 4 rings (SSSR count). The van der Waals surface area contributed by atoms with E-state index in [1.165, 1.54) is 53.0 Å². The van der Waals surface area contributed by atoms with Crippen molar-refractivity contribution in [1.82, 2.24) is 0 Å². The average molecular weight is 427 g/mol. The Labute approximate surface area is 188 Å². The van der Waals surface area contributed by atoms with Crippen molar-refractivity contribution in [3.05, 3.63) is 107 Å². The van der Waals surface area contributed by atoms with Gasteiger partial charge in [0.2, 0.25) is 0 Å². The molecule has 0 radical (unpaired) electrons. The van der Waals surface area contributed by atoms with Crippen molar-refractivity contribution in [2.24, 2.45) is 0 Å². The third-order valence-corrected chi connectivity index (χ3v) is 8.15. The molecule has 0 aliphatic carbocycles. The molecular formula is C28H26S2. The van der Waals surface area contributed by atoms with Crippen LogP contribution in [0.5, 0.6) is 0 Å². The number of hydrogen-bond donors (Lipinski definition) is 0. The van der Waals surface area contributed by atoms with E-state index in [9.17, 15) is 0 Å². The molecule has 0 atom stereocenters. The van der Waals surface area contributed by atoms with Crippen LogP contribution in [0.15, 0.2) is 105 Å². The molecule has 2 heteroatoms. The molecule has 0 nitrogen and oxygen atoms in total. The van der Waals surface area contributed by atoms with Gasteiger partial charge >= 0.3 is 0 Å². The summed E-state index contributed by atoms with van der Waals surface area (Å²) >= 11 is 3.75. The van der Waals surface area contributed by atoms with Gasteiger partial charge in [-0.15, -0.1) is 0 Å². The normalized spacial score (nSPS) is 10.9. The predicted molar refractivity (Wildman–Crippen MR) is 132 cm³/mol. The van der Waals surface area contributed by atoms with E-state index in [-0.39, 0.29) is 0 Å². The van der Waals surface area contributed by atoms with Gasteiger partial charge in [-0.3, -0.25) is 0 Å². The smallest absolute Gasteiger partial charge is 0.0201 e. The van der Waals surface area contributed by atoms with Crippen LogP contribution in [0, 0.1) is 27.7 Å². The van der Waals surface area contributed by atoms with Crippen LogP contribution < -0.4 is 0 Å². The van der Waals surface area contributed by atoms with Crippen molar-refractivity contribution >= 4 is 23.5 Å². The third-order valence-electron chi connectivity index (χ3n) is 5.31. The largest absolute Gasteiger partial charge is 0.0889 e. The van der Waals surface area contributed by atoms with Gasteiger partial charge in [0.25, 0.3) is 0 Å². The van der Waals surface area contributed by atoms with E-state index in [0.29, 0.717) is 0 Å². The summed E-state index contributed by atoms with van der Waals surface area (Å²) in [4.78, 5) is 5.29. The van der Waals surface area contributed by atoms with Crippen LogP contribution in [0.1, 0.15) is 22.3 Å². The number of benzene rings is 4. The van der Waals surface area contributed by atoms with Crippen LogP contribution in [-0.4, -0.2) is 0 Å². The first-order valence-corrected chi connectivity index (χ1v) is 11.8. The van der Waals surface area contributed by atoms with Gasteiger partial charge in [-0.25, -0.2) is 0 Å². The summed E-state index contributed by atoms with van der Waals surface area (Å²) < 4.78 is 0. The van der Waals surface area contributed by atoms with Gasteiger partial charge in [0.15, 0.2) is 0 Å². The zero-order chi connectivity index (χ0) is 21.1. The minimum absolute atomic E-state index is 1.29.